The molecule has 3 amide bonds. The number of nitrogens with zero attached hydrogens (tertiary/aromatic N) is 1. The lowest BCUT2D eigenvalue weighted by molar-refractivity contribution is 0.0949. The molecule has 1 atom stereocenters. The van der Waals surface area contributed by atoms with E-state index in [9.17, 15) is 18.0 Å². The van der Waals surface area contributed by atoms with E-state index >= 15 is 0 Å². The van der Waals surface area contributed by atoms with Gasteiger partial charge in [0.15, 0.2) is 0 Å². The van der Waals surface area contributed by atoms with Gasteiger partial charge in [0.05, 0.1) is 24.7 Å². The van der Waals surface area contributed by atoms with Gasteiger partial charge in [-0.15, -0.1) is 0 Å². The lowest BCUT2D eigenvalue weighted by Crippen LogP contribution is -2.51. The second-order valence-corrected chi connectivity index (χ2v) is 11.1. The van der Waals surface area contributed by atoms with Crippen LogP contribution in [0, 0.1) is 5.92 Å². The molecule has 2 aromatic rings. The predicted octanol–water partition coefficient (Wildman–Crippen LogP) is 3.65. The number of carbonyl (C=O) groups is 2. The van der Waals surface area contributed by atoms with Gasteiger partial charge in [-0.05, 0) is 67.0 Å². The van der Waals surface area contributed by atoms with Crippen molar-refractivity contribution in [2.24, 2.45) is 5.92 Å². The first-order valence-corrected chi connectivity index (χ1v) is 14.3. The van der Waals surface area contributed by atoms with Crippen LogP contribution in [0.3, 0.4) is 0 Å². The number of urea groups is 1. The molecule has 1 heterocycles. The Bertz CT molecular complexity index is 1190. The molecule has 11 heteroatoms. The zero-order valence-electron chi connectivity index (χ0n) is 22.5. The van der Waals surface area contributed by atoms with Gasteiger partial charge >= 0.3 is 6.03 Å². The monoisotopic (exact) mass is 546 g/mol. The fourth-order valence-corrected chi connectivity index (χ4v) is 5.33. The minimum absolute atomic E-state index is 0.00622. The highest BCUT2D eigenvalue weighted by molar-refractivity contribution is 7.90. The third-order valence-corrected chi connectivity index (χ3v) is 8.30. The number of carbonyl (C=O) groups excluding carboxylic acids is 2. The normalized spacial score (nSPS) is 15.4. The van der Waals surface area contributed by atoms with E-state index in [0.29, 0.717) is 49.0 Å². The number of amides is 3. The smallest absolute Gasteiger partial charge is 0.343 e. The SMILES string of the molecule is CCC1CCN(NC(=O)NS(=O)(=O)c2ccc(C(C)CCNC(=O)c3cc(OC)ccc3OC)cc2)CC1. The van der Waals surface area contributed by atoms with Crippen molar-refractivity contribution in [1.82, 2.24) is 20.5 Å². The van der Waals surface area contributed by atoms with Crippen molar-refractivity contribution in [1.29, 1.82) is 0 Å². The maximum absolute atomic E-state index is 12.7. The Morgan fingerprint density at radius 1 is 1.05 bits per heavy atom. The van der Waals surface area contributed by atoms with E-state index in [-0.39, 0.29) is 16.7 Å². The second-order valence-electron chi connectivity index (χ2n) is 9.47. The van der Waals surface area contributed by atoms with Crippen LogP contribution in [0.1, 0.15) is 61.4 Å². The average molecular weight is 547 g/mol. The summed E-state index contributed by atoms with van der Waals surface area (Å²) >= 11 is 0. The summed E-state index contributed by atoms with van der Waals surface area (Å²) < 4.78 is 37.9. The van der Waals surface area contributed by atoms with Crippen molar-refractivity contribution in [2.45, 2.75) is 50.3 Å². The van der Waals surface area contributed by atoms with Crippen LogP contribution in [-0.2, 0) is 10.0 Å². The van der Waals surface area contributed by atoms with Gasteiger partial charge in [0, 0.05) is 19.6 Å². The first-order valence-electron chi connectivity index (χ1n) is 12.8. The van der Waals surface area contributed by atoms with Crippen LogP contribution in [0.5, 0.6) is 11.5 Å². The van der Waals surface area contributed by atoms with Gasteiger partial charge in [0.25, 0.3) is 15.9 Å². The molecule has 1 saturated heterocycles. The minimum atomic E-state index is -4.01. The molecule has 0 radical (unpaired) electrons. The molecule has 1 aliphatic heterocycles. The van der Waals surface area contributed by atoms with Crippen molar-refractivity contribution >= 4 is 22.0 Å². The molecule has 1 unspecified atom stereocenters. The number of piperidine rings is 1. The summed E-state index contributed by atoms with van der Waals surface area (Å²) in [6, 6.07) is 10.7. The van der Waals surface area contributed by atoms with Crippen LogP contribution in [-0.4, -0.2) is 59.2 Å². The number of benzene rings is 2. The Kier molecular flexibility index (Phi) is 10.4. The predicted molar refractivity (Wildman–Crippen MR) is 145 cm³/mol. The third kappa shape index (κ3) is 7.84. The molecule has 3 N–H and O–H groups in total. The molecule has 1 aliphatic rings. The van der Waals surface area contributed by atoms with Crippen LogP contribution >= 0.6 is 0 Å². The first kappa shape index (κ1) is 29.2. The zero-order chi connectivity index (χ0) is 27.7. The summed E-state index contributed by atoms with van der Waals surface area (Å²) in [6.07, 6.45) is 3.69. The van der Waals surface area contributed by atoms with Gasteiger partial charge in [-0.3, -0.25) is 10.2 Å². The Morgan fingerprint density at radius 2 is 1.74 bits per heavy atom. The molecular formula is C27H38N4O6S. The first-order chi connectivity index (χ1) is 18.2. The van der Waals surface area contributed by atoms with Crippen molar-refractivity contribution in [3.05, 3.63) is 53.6 Å². The van der Waals surface area contributed by atoms with Crippen molar-refractivity contribution in [3.8, 4) is 11.5 Å². The quantitative estimate of drug-likeness (QED) is 0.393. The third-order valence-electron chi connectivity index (χ3n) is 6.95. The van der Waals surface area contributed by atoms with E-state index in [1.807, 2.05) is 6.92 Å². The van der Waals surface area contributed by atoms with Crippen molar-refractivity contribution < 1.29 is 27.5 Å². The maximum Gasteiger partial charge on any atom is 0.343 e. The fraction of sp³-hybridized carbons (Fsp3) is 0.481. The Labute approximate surface area is 225 Å². The summed E-state index contributed by atoms with van der Waals surface area (Å²) in [6.45, 7) is 5.96. The minimum Gasteiger partial charge on any atom is -0.497 e. The van der Waals surface area contributed by atoms with E-state index in [0.717, 1.165) is 24.8 Å². The van der Waals surface area contributed by atoms with E-state index < -0.39 is 16.1 Å². The molecule has 3 rings (SSSR count). The van der Waals surface area contributed by atoms with E-state index in [1.54, 1.807) is 35.3 Å². The van der Waals surface area contributed by atoms with Gasteiger partial charge in [-0.25, -0.2) is 22.9 Å². The van der Waals surface area contributed by atoms with Crippen LogP contribution < -0.4 is 24.9 Å². The van der Waals surface area contributed by atoms with Crippen LogP contribution in [0.15, 0.2) is 47.4 Å². The van der Waals surface area contributed by atoms with Gasteiger partial charge in [-0.1, -0.05) is 32.4 Å². The largest absolute Gasteiger partial charge is 0.497 e. The maximum atomic E-state index is 12.7. The van der Waals surface area contributed by atoms with Gasteiger partial charge in [0.2, 0.25) is 0 Å². The molecule has 10 nitrogen and oxygen atoms in total. The summed E-state index contributed by atoms with van der Waals surface area (Å²) in [4.78, 5) is 24.9. The lowest BCUT2D eigenvalue weighted by atomic mass is 9.95. The molecule has 38 heavy (non-hydrogen) atoms. The topological polar surface area (TPSA) is 126 Å². The number of nitrogens with one attached hydrogen (secondary N) is 3. The number of hydrogen-bond acceptors (Lipinski definition) is 7. The number of rotatable bonds is 11. The zero-order valence-corrected chi connectivity index (χ0v) is 23.3. The van der Waals surface area contributed by atoms with Crippen LogP contribution in [0.2, 0.25) is 0 Å². The van der Waals surface area contributed by atoms with Crippen molar-refractivity contribution in [3.63, 3.8) is 0 Å². The number of hydrogen-bond donors (Lipinski definition) is 3. The standard InChI is InChI=1S/C27H38N4O6S/c1-5-20-13-16-31(17-14-20)29-27(33)30-38(34,35)23-9-6-21(7-10-23)19(2)12-15-28-26(32)24-18-22(36-3)8-11-25(24)37-4/h6-11,18-20H,5,12-17H2,1-4H3,(H,28,32)(H2,29,30,33). The molecule has 0 bridgehead atoms. The number of methoxy groups -OCH3 is 2. The van der Waals surface area contributed by atoms with Crippen molar-refractivity contribution in [2.75, 3.05) is 33.9 Å². The number of hydrazine groups is 1. The molecule has 208 valence electrons. The highest BCUT2D eigenvalue weighted by atomic mass is 32.2. The molecule has 0 aromatic heterocycles. The molecule has 2 aromatic carbocycles. The Balaban J connectivity index is 1.50. The molecule has 0 aliphatic carbocycles. The van der Waals surface area contributed by atoms with Gasteiger partial charge < -0.3 is 14.8 Å². The summed E-state index contributed by atoms with van der Waals surface area (Å²) in [7, 11) is -0.973. The molecule has 0 spiro atoms. The highest BCUT2D eigenvalue weighted by Crippen LogP contribution is 2.25. The van der Waals surface area contributed by atoms with E-state index in [1.165, 1.54) is 26.4 Å². The summed E-state index contributed by atoms with van der Waals surface area (Å²) in [5, 5.41) is 4.65. The highest BCUT2D eigenvalue weighted by Gasteiger charge is 2.23. The number of sulfonamides is 1. The summed E-state index contributed by atoms with van der Waals surface area (Å²) in [5.74, 6) is 1.45. The summed E-state index contributed by atoms with van der Waals surface area (Å²) in [5.41, 5.74) is 3.93. The fourth-order valence-electron chi connectivity index (χ4n) is 4.43. The lowest BCUT2D eigenvalue weighted by Gasteiger charge is -2.31. The molecule has 1 fully saturated rings. The van der Waals surface area contributed by atoms with Gasteiger partial charge in [0.1, 0.15) is 11.5 Å². The van der Waals surface area contributed by atoms with E-state index in [4.69, 9.17) is 9.47 Å². The molecule has 0 saturated carbocycles. The van der Waals surface area contributed by atoms with Crippen LogP contribution in [0.25, 0.3) is 0 Å². The van der Waals surface area contributed by atoms with Gasteiger partial charge in [-0.2, -0.15) is 0 Å². The Hall–Kier alpha value is -3.31. The second kappa shape index (κ2) is 13.5. The number of ether oxygens (including phenoxy) is 2. The van der Waals surface area contributed by atoms with E-state index in [2.05, 4.69) is 22.4 Å². The average Bonchev–Trinajstić information content (AvgIpc) is 2.92. The molecular weight excluding hydrogens is 508 g/mol. The van der Waals surface area contributed by atoms with Crippen LogP contribution in [0.4, 0.5) is 4.79 Å². The Morgan fingerprint density at radius 3 is 2.34 bits per heavy atom.